The molecule has 0 aromatic carbocycles. The number of phosphoric ester groups is 2. The highest BCUT2D eigenvalue weighted by Gasteiger charge is 2.54. The second-order valence-corrected chi connectivity index (χ2v) is 12.8. The van der Waals surface area contributed by atoms with Crippen LogP contribution in [-0.4, -0.2) is 109 Å². The molecule has 3 fully saturated rings. The Balaban J connectivity index is 0.00000357. The maximum atomic E-state index is 13.1. The SMILES string of the molecule is C.Nc1ncnc2c1ncn2C1OC2COP(=O)(O)OC3C(COP(=O)(O)OC2C1O)OC(n1cnc2c(N)ncnc21)C3O. The molecule has 0 amide bonds. The van der Waals surface area contributed by atoms with Crippen molar-refractivity contribution >= 4 is 49.6 Å². The molecule has 45 heavy (non-hydrogen) atoms. The van der Waals surface area contributed by atoms with Gasteiger partial charge in [0.05, 0.1) is 25.9 Å². The Bertz CT molecular complexity index is 1700. The molecule has 244 valence electrons. The van der Waals surface area contributed by atoms with Crippen molar-refractivity contribution < 1.29 is 56.7 Å². The van der Waals surface area contributed by atoms with Crippen LogP contribution in [0.25, 0.3) is 22.3 Å². The molecule has 3 aliphatic heterocycles. The number of ether oxygens (including phenoxy) is 2. The maximum Gasteiger partial charge on any atom is 0.472 e. The normalized spacial score (nSPS) is 37.4. The van der Waals surface area contributed by atoms with Crippen molar-refractivity contribution in [3.63, 3.8) is 0 Å². The van der Waals surface area contributed by atoms with E-state index in [1.54, 1.807) is 0 Å². The Morgan fingerprint density at radius 2 is 1.11 bits per heavy atom. The lowest BCUT2D eigenvalue weighted by atomic mass is 10.1. The summed E-state index contributed by atoms with van der Waals surface area (Å²) in [7, 11) is -10.0. The van der Waals surface area contributed by atoms with Gasteiger partial charge in [-0.25, -0.2) is 39.0 Å². The Labute approximate surface area is 252 Å². The van der Waals surface area contributed by atoms with E-state index in [1.165, 1.54) is 21.8 Å². The first-order chi connectivity index (χ1) is 20.9. The molecule has 3 aliphatic rings. The number of aromatic nitrogens is 8. The third-order valence-corrected chi connectivity index (χ3v) is 9.23. The van der Waals surface area contributed by atoms with Crippen LogP contribution in [0.1, 0.15) is 19.9 Å². The van der Waals surface area contributed by atoms with Crippen molar-refractivity contribution in [1.29, 1.82) is 0 Å². The summed E-state index contributed by atoms with van der Waals surface area (Å²) < 4.78 is 61.2. The third kappa shape index (κ3) is 5.58. The van der Waals surface area contributed by atoms with Gasteiger partial charge < -0.3 is 40.9 Å². The Morgan fingerprint density at radius 3 is 1.51 bits per heavy atom. The van der Waals surface area contributed by atoms with Crippen LogP contribution in [0.2, 0.25) is 0 Å². The molecule has 0 spiro atoms. The number of aliphatic hydroxyl groups is 2. The zero-order valence-corrected chi connectivity index (χ0v) is 23.8. The van der Waals surface area contributed by atoms with Crippen LogP contribution in [0.3, 0.4) is 0 Å². The van der Waals surface area contributed by atoms with Crippen molar-refractivity contribution in [3.8, 4) is 0 Å². The van der Waals surface area contributed by atoms with Gasteiger partial charge in [-0.15, -0.1) is 0 Å². The molecular formula is C21H28N10O12P2. The zero-order chi connectivity index (χ0) is 31.0. The second-order valence-electron chi connectivity index (χ2n) is 9.95. The van der Waals surface area contributed by atoms with Crippen LogP contribution in [0.15, 0.2) is 25.3 Å². The molecule has 24 heteroatoms. The van der Waals surface area contributed by atoms with Crippen LogP contribution in [-0.2, 0) is 36.7 Å². The largest absolute Gasteiger partial charge is 0.472 e. The van der Waals surface area contributed by atoms with E-state index in [1.807, 2.05) is 0 Å². The number of rotatable bonds is 2. The van der Waals surface area contributed by atoms with Crippen molar-refractivity contribution in [1.82, 2.24) is 39.0 Å². The number of hydrogen-bond donors (Lipinski definition) is 6. The van der Waals surface area contributed by atoms with Crippen LogP contribution in [0.4, 0.5) is 11.6 Å². The van der Waals surface area contributed by atoms with Crippen LogP contribution < -0.4 is 11.5 Å². The summed E-state index contributed by atoms with van der Waals surface area (Å²) in [5, 5.41) is 22.2. The Kier molecular flexibility index (Phi) is 8.13. The average molecular weight is 674 g/mol. The van der Waals surface area contributed by atoms with E-state index in [2.05, 4.69) is 29.9 Å². The lowest BCUT2D eigenvalue weighted by Gasteiger charge is -2.27. The number of nitrogens with two attached hydrogens (primary N) is 2. The van der Waals surface area contributed by atoms with Crippen LogP contribution >= 0.6 is 15.6 Å². The minimum atomic E-state index is -5.00. The molecular weight excluding hydrogens is 646 g/mol. The van der Waals surface area contributed by atoms with Gasteiger partial charge in [-0.2, -0.15) is 0 Å². The highest BCUT2D eigenvalue weighted by Crippen LogP contribution is 2.53. The van der Waals surface area contributed by atoms with Crippen molar-refractivity contribution in [2.45, 2.75) is 56.5 Å². The van der Waals surface area contributed by atoms with Gasteiger partial charge in [-0.1, -0.05) is 7.43 Å². The van der Waals surface area contributed by atoms with Gasteiger partial charge in [-0.05, 0) is 0 Å². The van der Waals surface area contributed by atoms with Gasteiger partial charge in [0.1, 0.15) is 60.3 Å². The number of hydrogen-bond acceptors (Lipinski definition) is 18. The molecule has 10 unspecified atom stereocenters. The number of fused-ring (bicyclic) bond motifs is 4. The standard InChI is InChI=1S/C20H24N10O12P2.CH4/c21-15-9-17(25-3-23-15)29(5-27-9)19-11(31)13-7(39-19)1-37-43(33,34)42-14-8(2-38-44(35,36)41-13)40-20(12(14)32)30-6-28-10-16(22)24-4-26-18(10)30;/h3-8,11-14,19-20,31-32H,1-2H2,(H,33,34)(H,35,36)(H2,21,23,25)(H2,22,24,26);1H4. The van der Waals surface area contributed by atoms with Gasteiger partial charge in [0.25, 0.3) is 0 Å². The van der Waals surface area contributed by atoms with Crippen LogP contribution in [0.5, 0.6) is 0 Å². The highest BCUT2D eigenvalue weighted by atomic mass is 31.2. The van der Waals surface area contributed by atoms with Crippen molar-refractivity contribution in [3.05, 3.63) is 25.3 Å². The predicted octanol–water partition coefficient (Wildman–Crippen LogP) is -0.999. The first-order valence-corrected chi connectivity index (χ1v) is 15.8. The van der Waals surface area contributed by atoms with Gasteiger partial charge in [0.2, 0.25) is 0 Å². The van der Waals surface area contributed by atoms with Crippen LogP contribution in [0, 0.1) is 0 Å². The second kappa shape index (κ2) is 11.5. The molecule has 0 saturated carbocycles. The smallest absolute Gasteiger partial charge is 0.386 e. The minimum absolute atomic E-state index is 0. The van der Waals surface area contributed by atoms with E-state index in [0.29, 0.717) is 0 Å². The van der Waals surface area contributed by atoms with E-state index in [0.717, 1.165) is 12.7 Å². The molecule has 8 N–H and O–H groups in total. The molecule has 3 saturated heterocycles. The van der Waals surface area contributed by atoms with E-state index in [4.69, 9.17) is 39.0 Å². The monoisotopic (exact) mass is 674 g/mol. The fourth-order valence-electron chi connectivity index (χ4n) is 5.24. The third-order valence-electron chi connectivity index (χ3n) is 7.26. The number of imidazole rings is 2. The summed E-state index contributed by atoms with van der Waals surface area (Å²) in [6.45, 7) is -1.56. The van der Waals surface area contributed by atoms with E-state index < -0.39 is 77.9 Å². The summed E-state index contributed by atoms with van der Waals surface area (Å²) in [4.78, 5) is 45.3. The Hall–Kier alpha value is -3.24. The average Bonchev–Trinajstić information content (AvgIpc) is 3.73. The molecule has 0 bridgehead atoms. The van der Waals surface area contributed by atoms with Gasteiger partial charge in [0.15, 0.2) is 35.4 Å². The number of aliphatic hydroxyl groups excluding tert-OH is 2. The molecule has 0 aliphatic carbocycles. The molecule has 4 aromatic rings. The molecule has 10 atom stereocenters. The lowest BCUT2D eigenvalue weighted by molar-refractivity contribution is -0.0664. The predicted molar refractivity (Wildman–Crippen MR) is 147 cm³/mol. The number of phosphoric acid groups is 2. The van der Waals surface area contributed by atoms with E-state index >= 15 is 0 Å². The van der Waals surface area contributed by atoms with Gasteiger partial charge in [-0.3, -0.25) is 27.2 Å². The van der Waals surface area contributed by atoms with Gasteiger partial charge >= 0.3 is 15.6 Å². The zero-order valence-electron chi connectivity index (χ0n) is 22.0. The van der Waals surface area contributed by atoms with Gasteiger partial charge in [0, 0.05) is 0 Å². The summed E-state index contributed by atoms with van der Waals surface area (Å²) in [5.41, 5.74) is 12.4. The molecule has 4 aromatic heterocycles. The molecule has 7 heterocycles. The van der Waals surface area contributed by atoms with Crippen molar-refractivity contribution in [2.75, 3.05) is 24.7 Å². The molecule has 7 rings (SSSR count). The summed E-state index contributed by atoms with van der Waals surface area (Å²) in [6, 6.07) is 0. The Morgan fingerprint density at radius 1 is 0.711 bits per heavy atom. The topological polar surface area (TPSA) is 310 Å². The number of nitrogen functional groups attached to an aromatic ring is 2. The maximum absolute atomic E-state index is 13.1. The highest BCUT2D eigenvalue weighted by molar-refractivity contribution is 7.47. The quantitative estimate of drug-likeness (QED) is 0.139. The number of nitrogens with zero attached hydrogens (tertiary/aromatic N) is 8. The first kappa shape index (κ1) is 31.7. The lowest BCUT2D eigenvalue weighted by Crippen LogP contribution is -2.39. The van der Waals surface area contributed by atoms with E-state index in [-0.39, 0.29) is 41.4 Å². The summed E-state index contributed by atoms with van der Waals surface area (Å²) >= 11 is 0. The summed E-state index contributed by atoms with van der Waals surface area (Å²) in [6.07, 6.45) is -7.30. The summed E-state index contributed by atoms with van der Waals surface area (Å²) in [5.74, 6) is 0.101. The fraction of sp³-hybridized carbons (Fsp3) is 0.524. The first-order valence-electron chi connectivity index (χ1n) is 12.8. The fourth-order valence-corrected chi connectivity index (χ4v) is 7.17. The molecule has 0 radical (unpaired) electrons. The van der Waals surface area contributed by atoms with E-state index in [9.17, 15) is 29.1 Å². The molecule has 22 nitrogen and oxygen atoms in total. The number of anilines is 2. The minimum Gasteiger partial charge on any atom is -0.386 e. The van der Waals surface area contributed by atoms with Crippen molar-refractivity contribution in [2.24, 2.45) is 0 Å².